The van der Waals surface area contributed by atoms with Crippen LogP contribution in [-0.4, -0.2) is 12.8 Å². The lowest BCUT2D eigenvalue weighted by atomic mass is 10.1. The Balaban J connectivity index is 2.22. The Morgan fingerprint density at radius 3 is 1.55 bits per heavy atom. The molecule has 0 bridgehead atoms. The molecule has 0 saturated heterocycles. The van der Waals surface area contributed by atoms with Gasteiger partial charge >= 0.3 is 0 Å². The van der Waals surface area contributed by atoms with Crippen LogP contribution in [0.15, 0.2) is 65.4 Å². The van der Waals surface area contributed by atoms with Crippen molar-refractivity contribution >= 4 is 23.6 Å². The highest BCUT2D eigenvalue weighted by atomic mass is 31.2. The molecule has 0 aliphatic rings. The maximum absolute atomic E-state index is 14.5. The van der Waals surface area contributed by atoms with Crippen molar-refractivity contribution < 1.29 is 9.30 Å². The van der Waals surface area contributed by atoms with E-state index in [2.05, 4.69) is 12.1 Å². The Bertz CT molecular complexity index is 1020. The lowest BCUT2D eigenvalue weighted by Gasteiger charge is -2.19. The van der Waals surface area contributed by atoms with Gasteiger partial charge in [0, 0.05) is 16.3 Å². The summed E-state index contributed by atoms with van der Waals surface area (Å²) in [5.74, 6) is 0.786. The van der Waals surface area contributed by atoms with Crippen molar-refractivity contribution in [3.63, 3.8) is 0 Å². The highest BCUT2D eigenvalue weighted by Crippen LogP contribution is 2.46. The average molecular weight is 405 g/mol. The van der Waals surface area contributed by atoms with Gasteiger partial charge in [0.1, 0.15) is 5.75 Å². The largest absolute Gasteiger partial charge is 0.497 e. The van der Waals surface area contributed by atoms with Gasteiger partial charge in [0.2, 0.25) is 7.29 Å². The van der Waals surface area contributed by atoms with Crippen LogP contribution in [0.3, 0.4) is 0 Å². The second-order valence-corrected chi connectivity index (χ2v) is 10.1. The van der Waals surface area contributed by atoms with Crippen LogP contribution in [-0.2, 0) is 4.57 Å². The first-order valence-electron chi connectivity index (χ1n) is 9.70. The molecule has 4 heteroatoms. The number of aryl methyl sites for hydroxylation is 4. The monoisotopic (exact) mass is 405 g/mol. The smallest absolute Gasteiger partial charge is 0.247 e. The van der Waals surface area contributed by atoms with Gasteiger partial charge in [-0.1, -0.05) is 34.4 Å². The Kier molecular flexibility index (Phi) is 6.10. The highest BCUT2D eigenvalue weighted by Gasteiger charge is 2.28. The molecule has 3 nitrogen and oxygen atoms in total. The Morgan fingerprint density at radius 2 is 1.17 bits per heavy atom. The van der Waals surface area contributed by atoms with E-state index in [9.17, 15) is 4.57 Å². The number of hydrogen-bond acceptors (Lipinski definition) is 2. The molecular weight excluding hydrogens is 377 g/mol. The maximum atomic E-state index is 14.5. The third-order valence-corrected chi connectivity index (χ3v) is 7.41. The molecule has 0 fully saturated rings. The van der Waals surface area contributed by atoms with E-state index in [0.29, 0.717) is 0 Å². The summed E-state index contributed by atoms with van der Waals surface area (Å²) in [6.45, 7) is 10.0. The van der Waals surface area contributed by atoms with Crippen LogP contribution in [0, 0.1) is 27.7 Å². The summed E-state index contributed by atoms with van der Waals surface area (Å²) in [7, 11) is -1.57. The van der Waals surface area contributed by atoms with Crippen LogP contribution < -0.4 is 15.3 Å². The molecular formula is C25H28NO2P. The number of hydrogen-bond donors (Lipinski definition) is 0. The molecule has 0 radical (unpaired) electrons. The molecule has 0 spiro atoms. The number of rotatable bonds is 5. The van der Waals surface area contributed by atoms with Gasteiger partial charge < -0.3 is 4.74 Å². The van der Waals surface area contributed by atoms with Gasteiger partial charge in [-0.05, 0) is 88.7 Å². The van der Waals surface area contributed by atoms with E-state index in [4.69, 9.17) is 9.50 Å². The minimum Gasteiger partial charge on any atom is -0.497 e. The normalized spacial score (nSPS) is 12.1. The van der Waals surface area contributed by atoms with Crippen molar-refractivity contribution in [1.29, 1.82) is 0 Å². The maximum Gasteiger partial charge on any atom is 0.247 e. The summed E-state index contributed by atoms with van der Waals surface area (Å²) in [6, 6.07) is 19.9. The van der Waals surface area contributed by atoms with Gasteiger partial charge in [0.05, 0.1) is 7.11 Å². The van der Waals surface area contributed by atoms with Gasteiger partial charge in [-0.15, -0.1) is 0 Å². The molecule has 150 valence electrons. The summed E-state index contributed by atoms with van der Waals surface area (Å²) in [4.78, 5) is 0. The molecule has 3 rings (SSSR count). The third kappa shape index (κ3) is 4.68. The summed E-state index contributed by atoms with van der Waals surface area (Å²) < 4.78 is 24.6. The molecule has 0 saturated carbocycles. The van der Waals surface area contributed by atoms with Crippen LogP contribution in [0.25, 0.3) is 0 Å². The first kappa shape index (κ1) is 21.1. The fourth-order valence-corrected chi connectivity index (χ4v) is 6.20. The number of methoxy groups -OCH3 is 1. The fraction of sp³-hybridized carbons (Fsp3) is 0.240. The molecule has 3 aromatic rings. The molecule has 0 aromatic heterocycles. The Hall–Kier alpha value is -2.64. The summed E-state index contributed by atoms with van der Waals surface area (Å²) in [6.07, 6.45) is 0. The second kappa shape index (κ2) is 8.39. The zero-order valence-corrected chi connectivity index (χ0v) is 18.9. The Morgan fingerprint density at radius 1 is 0.759 bits per heavy atom. The summed E-state index contributed by atoms with van der Waals surface area (Å²) in [5.41, 5.74) is 6.02. The van der Waals surface area contributed by atoms with Gasteiger partial charge in [0.25, 0.3) is 0 Å². The van der Waals surface area contributed by atoms with Gasteiger partial charge in [-0.2, -0.15) is 0 Å². The third-order valence-electron chi connectivity index (χ3n) is 4.91. The van der Waals surface area contributed by atoms with Crippen molar-refractivity contribution in [3.05, 3.63) is 88.5 Å². The molecule has 0 N–H and O–H groups in total. The lowest BCUT2D eigenvalue weighted by molar-refractivity contribution is 0.415. The van der Waals surface area contributed by atoms with Crippen LogP contribution in [0.1, 0.15) is 34.7 Å². The molecule has 3 aromatic carbocycles. The van der Waals surface area contributed by atoms with Gasteiger partial charge in [-0.3, -0.25) is 4.57 Å². The average Bonchev–Trinajstić information content (AvgIpc) is 2.66. The van der Waals surface area contributed by atoms with E-state index >= 15 is 0 Å². The van der Waals surface area contributed by atoms with E-state index in [1.165, 1.54) is 0 Å². The number of ether oxygens (including phenoxy) is 1. The number of benzene rings is 3. The highest BCUT2D eigenvalue weighted by molar-refractivity contribution is 7.77. The molecule has 0 heterocycles. The van der Waals surface area contributed by atoms with Crippen molar-refractivity contribution in [2.45, 2.75) is 34.6 Å². The second-order valence-electron chi connectivity index (χ2n) is 7.68. The zero-order valence-electron chi connectivity index (χ0n) is 18.0. The predicted octanol–water partition coefficient (Wildman–Crippen LogP) is 5.67. The first-order valence-corrected chi connectivity index (χ1v) is 11.4. The minimum atomic E-state index is -3.22. The van der Waals surface area contributed by atoms with Crippen molar-refractivity contribution in [2.24, 2.45) is 4.76 Å². The zero-order chi connectivity index (χ0) is 21.2. The molecule has 0 aliphatic carbocycles. The van der Waals surface area contributed by atoms with Crippen LogP contribution in [0.4, 0.5) is 0 Å². The Labute approximate surface area is 173 Å². The van der Waals surface area contributed by atoms with E-state index in [0.717, 1.165) is 49.9 Å². The van der Waals surface area contributed by atoms with E-state index in [1.807, 2.05) is 83.1 Å². The molecule has 29 heavy (non-hydrogen) atoms. The van der Waals surface area contributed by atoms with Crippen molar-refractivity contribution in [3.8, 4) is 5.75 Å². The van der Waals surface area contributed by atoms with Crippen molar-refractivity contribution in [1.82, 2.24) is 0 Å². The van der Waals surface area contributed by atoms with Crippen LogP contribution in [0.2, 0.25) is 0 Å². The SMILES string of the molecule is COc1ccc(/C(C)=N\P(=O)(c2cc(C)cc(C)c2)c2cc(C)cc(C)c2)cc1. The van der Waals surface area contributed by atoms with Crippen LogP contribution >= 0.6 is 7.29 Å². The van der Waals surface area contributed by atoms with E-state index in [1.54, 1.807) is 7.11 Å². The standard InChI is InChI=1S/C25H28NO2P/c1-17-11-18(2)14-24(13-17)29(27,25-15-19(3)12-20(4)16-25)26-21(5)22-7-9-23(28-6)10-8-22/h7-16H,1-6H3/b26-21-. The topological polar surface area (TPSA) is 38.7 Å². The number of nitrogens with zero attached hydrogens (tertiary/aromatic N) is 1. The van der Waals surface area contributed by atoms with Crippen molar-refractivity contribution in [2.75, 3.05) is 7.11 Å². The lowest BCUT2D eigenvalue weighted by Crippen LogP contribution is -2.17. The molecule has 0 amide bonds. The van der Waals surface area contributed by atoms with E-state index in [-0.39, 0.29) is 0 Å². The minimum absolute atomic E-state index is 0.745. The van der Waals surface area contributed by atoms with E-state index < -0.39 is 7.29 Å². The molecule has 0 aliphatic heterocycles. The van der Waals surface area contributed by atoms with Gasteiger partial charge in [0.15, 0.2) is 0 Å². The molecule has 0 atom stereocenters. The predicted molar refractivity (Wildman–Crippen MR) is 124 cm³/mol. The summed E-state index contributed by atoms with van der Waals surface area (Å²) in [5, 5.41) is 1.54. The molecule has 0 unspecified atom stereocenters. The van der Waals surface area contributed by atoms with Gasteiger partial charge in [-0.25, -0.2) is 4.76 Å². The summed E-state index contributed by atoms with van der Waals surface area (Å²) >= 11 is 0. The quantitative estimate of drug-likeness (QED) is 0.405. The fourth-order valence-electron chi connectivity index (χ4n) is 3.62. The first-order chi connectivity index (χ1) is 13.7. The van der Waals surface area contributed by atoms with Crippen LogP contribution in [0.5, 0.6) is 5.75 Å².